The molecule has 0 spiro atoms. The highest BCUT2D eigenvalue weighted by Gasteiger charge is 2.39. The van der Waals surface area contributed by atoms with Crippen LogP contribution in [0.2, 0.25) is 0 Å². The monoisotopic (exact) mass is 570 g/mol. The number of hydrogen-bond donors (Lipinski definition) is 1. The van der Waals surface area contributed by atoms with Gasteiger partial charge in [0.1, 0.15) is 17.9 Å². The van der Waals surface area contributed by atoms with Crippen molar-refractivity contribution in [2.24, 2.45) is 0 Å². The number of carbonyl (C=O) groups excluding carboxylic acids is 1. The molecule has 1 atom stereocenters. The number of rotatable bonds is 8. The van der Waals surface area contributed by atoms with Crippen LogP contribution in [0.1, 0.15) is 50.3 Å². The fraction of sp³-hybridized carbons (Fsp3) is 0.321. The van der Waals surface area contributed by atoms with Gasteiger partial charge in [0, 0.05) is 16.5 Å². The second kappa shape index (κ2) is 10.6. The maximum absolute atomic E-state index is 13.7. The molecule has 1 aliphatic rings. The minimum absolute atomic E-state index is 0.135. The van der Waals surface area contributed by atoms with Gasteiger partial charge in [0.2, 0.25) is 5.91 Å². The maximum Gasteiger partial charge on any atom is 0.264 e. The Bertz CT molecular complexity index is 1320. The lowest BCUT2D eigenvalue weighted by Crippen LogP contribution is -2.47. The molecule has 3 aromatic carbocycles. The molecule has 0 saturated carbocycles. The average molecular weight is 572 g/mol. The number of nitrogens with zero attached hydrogens (tertiary/aromatic N) is 1. The van der Waals surface area contributed by atoms with Crippen molar-refractivity contribution in [3.63, 3.8) is 0 Å². The molecular weight excluding hydrogens is 540 g/mol. The molecule has 36 heavy (non-hydrogen) atoms. The lowest BCUT2D eigenvalue weighted by atomic mass is 9.83. The molecule has 6 nitrogen and oxygen atoms in total. The van der Waals surface area contributed by atoms with Crippen LogP contribution >= 0.6 is 15.9 Å². The molecule has 0 fully saturated rings. The molecule has 0 unspecified atom stereocenters. The summed E-state index contributed by atoms with van der Waals surface area (Å²) in [6.07, 6.45) is 2.22. The summed E-state index contributed by atoms with van der Waals surface area (Å²) in [7, 11) is -3.98. The molecule has 1 heterocycles. The first kappa shape index (κ1) is 26.2. The van der Waals surface area contributed by atoms with Crippen molar-refractivity contribution in [2.75, 3.05) is 10.8 Å². The van der Waals surface area contributed by atoms with Crippen LogP contribution in [0.4, 0.5) is 5.69 Å². The highest BCUT2D eigenvalue weighted by molar-refractivity contribution is 9.10. The van der Waals surface area contributed by atoms with Crippen LogP contribution in [-0.2, 0) is 14.8 Å². The van der Waals surface area contributed by atoms with E-state index in [1.165, 1.54) is 0 Å². The highest BCUT2D eigenvalue weighted by atomic mass is 79.9. The van der Waals surface area contributed by atoms with E-state index in [1.807, 2.05) is 31.2 Å². The first-order valence-corrected chi connectivity index (χ1v) is 14.3. The van der Waals surface area contributed by atoms with Gasteiger partial charge in [-0.05, 0) is 62.2 Å². The standard InChI is InChI=1S/C28H31BrN2O4S/c1-4-28(5-2)18-25(24-8-6-7-9-26(24)35-28)30-27(32)19-31(22-14-12-21(29)13-15-22)36(33,34)23-16-10-20(3)11-17-23/h6-17,25H,4-5,18-19H2,1-3H3,(H,30,32)/t25-/m1/s1. The molecule has 0 saturated heterocycles. The molecule has 8 heteroatoms. The number of halogens is 1. The largest absolute Gasteiger partial charge is 0.487 e. The summed E-state index contributed by atoms with van der Waals surface area (Å²) >= 11 is 3.39. The lowest BCUT2D eigenvalue weighted by Gasteiger charge is -2.41. The molecule has 1 aliphatic heterocycles. The summed E-state index contributed by atoms with van der Waals surface area (Å²) in [5, 5.41) is 3.11. The van der Waals surface area contributed by atoms with Crippen LogP contribution in [0, 0.1) is 6.92 Å². The van der Waals surface area contributed by atoms with E-state index in [0.717, 1.165) is 38.5 Å². The van der Waals surface area contributed by atoms with Crippen LogP contribution in [0.15, 0.2) is 82.2 Å². The summed E-state index contributed by atoms with van der Waals surface area (Å²) in [5.74, 6) is 0.381. The minimum atomic E-state index is -3.98. The summed E-state index contributed by atoms with van der Waals surface area (Å²) < 4.78 is 35.7. The number of sulfonamides is 1. The molecule has 4 rings (SSSR count). The zero-order valence-electron chi connectivity index (χ0n) is 20.7. The van der Waals surface area contributed by atoms with Gasteiger partial charge in [-0.25, -0.2) is 8.42 Å². The molecule has 0 bridgehead atoms. The van der Waals surface area contributed by atoms with Gasteiger partial charge in [0.05, 0.1) is 16.6 Å². The van der Waals surface area contributed by atoms with E-state index in [2.05, 4.69) is 35.1 Å². The molecule has 3 aromatic rings. The normalized spacial score (nSPS) is 16.5. The summed E-state index contributed by atoms with van der Waals surface area (Å²) in [5.41, 5.74) is 1.89. The van der Waals surface area contributed by atoms with E-state index in [4.69, 9.17) is 4.74 Å². The van der Waals surface area contributed by atoms with E-state index >= 15 is 0 Å². The fourth-order valence-electron chi connectivity index (χ4n) is 4.56. The Balaban J connectivity index is 1.65. The lowest BCUT2D eigenvalue weighted by molar-refractivity contribution is -0.121. The zero-order chi connectivity index (χ0) is 25.9. The first-order valence-electron chi connectivity index (χ1n) is 12.1. The van der Waals surface area contributed by atoms with Crippen molar-refractivity contribution >= 4 is 37.5 Å². The Morgan fingerprint density at radius 3 is 2.31 bits per heavy atom. The van der Waals surface area contributed by atoms with Gasteiger partial charge >= 0.3 is 0 Å². The third kappa shape index (κ3) is 5.44. The van der Waals surface area contributed by atoms with Gasteiger partial charge < -0.3 is 10.1 Å². The molecule has 1 N–H and O–H groups in total. The molecule has 0 radical (unpaired) electrons. The third-order valence-corrected chi connectivity index (χ3v) is 9.15. The number of ether oxygens (including phenoxy) is 1. The number of nitrogens with one attached hydrogen (secondary N) is 1. The van der Waals surface area contributed by atoms with Crippen molar-refractivity contribution in [1.82, 2.24) is 5.32 Å². The van der Waals surface area contributed by atoms with Gasteiger partial charge in [0.15, 0.2) is 0 Å². The Morgan fingerprint density at radius 2 is 1.67 bits per heavy atom. The Morgan fingerprint density at radius 1 is 1.03 bits per heavy atom. The van der Waals surface area contributed by atoms with Crippen LogP contribution in [0.25, 0.3) is 0 Å². The predicted molar refractivity (Wildman–Crippen MR) is 146 cm³/mol. The molecular formula is C28H31BrN2O4S. The van der Waals surface area contributed by atoms with Crippen molar-refractivity contribution in [1.29, 1.82) is 0 Å². The van der Waals surface area contributed by atoms with E-state index in [1.54, 1.807) is 48.5 Å². The number of amides is 1. The smallest absolute Gasteiger partial charge is 0.264 e. The van der Waals surface area contributed by atoms with Crippen molar-refractivity contribution in [3.8, 4) is 5.75 Å². The Labute approximate surface area is 221 Å². The van der Waals surface area contributed by atoms with Crippen molar-refractivity contribution < 1.29 is 17.9 Å². The summed E-state index contributed by atoms with van der Waals surface area (Å²) in [6, 6.07) is 21.0. The minimum Gasteiger partial charge on any atom is -0.487 e. The topological polar surface area (TPSA) is 75.7 Å². The average Bonchev–Trinajstić information content (AvgIpc) is 2.88. The zero-order valence-corrected chi connectivity index (χ0v) is 23.1. The molecule has 0 aromatic heterocycles. The molecule has 190 valence electrons. The van der Waals surface area contributed by atoms with Crippen LogP contribution in [0.3, 0.4) is 0 Å². The van der Waals surface area contributed by atoms with Gasteiger partial charge in [0.25, 0.3) is 10.0 Å². The van der Waals surface area contributed by atoms with E-state index in [0.29, 0.717) is 12.1 Å². The SMILES string of the molecule is CCC1(CC)C[C@@H](NC(=O)CN(c2ccc(Br)cc2)S(=O)(=O)c2ccc(C)cc2)c2ccccc2O1. The summed E-state index contributed by atoms with van der Waals surface area (Å²) in [6.45, 7) is 5.72. The number of hydrogen-bond acceptors (Lipinski definition) is 4. The number of aryl methyl sites for hydroxylation is 1. The fourth-order valence-corrected chi connectivity index (χ4v) is 6.25. The third-order valence-electron chi connectivity index (χ3n) is 6.83. The highest BCUT2D eigenvalue weighted by Crippen LogP contribution is 2.42. The second-order valence-corrected chi connectivity index (χ2v) is 11.9. The Hall–Kier alpha value is -2.84. The number of anilines is 1. The van der Waals surface area contributed by atoms with E-state index in [9.17, 15) is 13.2 Å². The van der Waals surface area contributed by atoms with Crippen LogP contribution in [0.5, 0.6) is 5.75 Å². The summed E-state index contributed by atoms with van der Waals surface area (Å²) in [4.78, 5) is 13.6. The van der Waals surface area contributed by atoms with Gasteiger partial charge in [-0.3, -0.25) is 9.10 Å². The first-order chi connectivity index (χ1) is 17.2. The number of para-hydroxylation sites is 1. The van der Waals surface area contributed by atoms with Crippen LogP contribution < -0.4 is 14.4 Å². The second-order valence-electron chi connectivity index (χ2n) is 9.16. The van der Waals surface area contributed by atoms with E-state index < -0.39 is 10.0 Å². The molecule has 1 amide bonds. The Kier molecular flexibility index (Phi) is 7.76. The number of benzene rings is 3. The van der Waals surface area contributed by atoms with Crippen molar-refractivity contribution in [3.05, 3.63) is 88.4 Å². The van der Waals surface area contributed by atoms with Crippen molar-refractivity contribution in [2.45, 2.75) is 56.6 Å². The number of fused-ring (bicyclic) bond motifs is 1. The molecule has 0 aliphatic carbocycles. The van der Waals surface area contributed by atoms with Gasteiger partial charge in [-0.1, -0.05) is 65.7 Å². The number of carbonyl (C=O) groups is 1. The maximum atomic E-state index is 13.7. The van der Waals surface area contributed by atoms with Crippen LogP contribution in [-0.4, -0.2) is 26.5 Å². The predicted octanol–water partition coefficient (Wildman–Crippen LogP) is 6.15. The van der Waals surface area contributed by atoms with E-state index in [-0.39, 0.29) is 29.0 Å². The quantitative estimate of drug-likeness (QED) is 0.352. The van der Waals surface area contributed by atoms with Gasteiger partial charge in [-0.2, -0.15) is 0 Å². The van der Waals surface area contributed by atoms with Gasteiger partial charge in [-0.15, -0.1) is 0 Å².